The fourth-order valence-corrected chi connectivity index (χ4v) is 6.25. The van der Waals surface area contributed by atoms with E-state index in [1.54, 1.807) is 36.5 Å². The first-order chi connectivity index (χ1) is 18.6. The molecule has 0 saturated carbocycles. The largest absolute Gasteiger partial charge is 0.494 e. The molecule has 0 radical (unpaired) electrons. The molecule has 13 heteroatoms. The van der Waals surface area contributed by atoms with Gasteiger partial charge in [-0.25, -0.2) is 21.8 Å². The maximum atomic E-state index is 13.9. The van der Waals surface area contributed by atoms with E-state index in [1.165, 1.54) is 24.3 Å². The van der Waals surface area contributed by atoms with Gasteiger partial charge in [0.25, 0.3) is 10.0 Å². The molecule has 40 heavy (non-hydrogen) atoms. The second kappa shape index (κ2) is 11.4. The number of carboxylic acid groups (broad SMARTS) is 1. The number of rotatable bonds is 5. The Balaban J connectivity index is 0.000000185. The van der Waals surface area contributed by atoms with Gasteiger partial charge in [-0.2, -0.15) is 0 Å². The van der Waals surface area contributed by atoms with Crippen LogP contribution < -0.4 is 5.46 Å². The average molecular weight is 699 g/mol. The van der Waals surface area contributed by atoms with E-state index in [-0.39, 0.29) is 22.0 Å². The van der Waals surface area contributed by atoms with E-state index in [1.807, 2.05) is 33.8 Å². The first-order valence-corrected chi connectivity index (χ1v) is 15.0. The quantitative estimate of drug-likeness (QED) is 0.223. The number of carboxylic acids is 1. The fourth-order valence-electron chi connectivity index (χ4n) is 3.93. The van der Waals surface area contributed by atoms with Gasteiger partial charge in [-0.1, -0.05) is 41.9 Å². The molecule has 4 aromatic rings. The summed E-state index contributed by atoms with van der Waals surface area (Å²) in [5.74, 6) is -1.62. The van der Waals surface area contributed by atoms with Crippen molar-refractivity contribution in [2.24, 2.45) is 0 Å². The van der Waals surface area contributed by atoms with E-state index in [9.17, 15) is 17.6 Å². The second-order valence-corrected chi connectivity index (χ2v) is 13.5. The predicted octanol–water partition coefficient (Wildman–Crippen LogP) is 5.28. The van der Waals surface area contributed by atoms with Crippen LogP contribution in [0.25, 0.3) is 11.0 Å². The van der Waals surface area contributed by atoms with Crippen LogP contribution in [0.3, 0.4) is 0 Å². The van der Waals surface area contributed by atoms with Gasteiger partial charge in [0.2, 0.25) is 0 Å². The highest BCUT2D eigenvalue weighted by molar-refractivity contribution is 14.1. The molecule has 0 unspecified atom stereocenters. The predicted molar refractivity (Wildman–Crippen MR) is 160 cm³/mol. The Labute approximate surface area is 250 Å². The van der Waals surface area contributed by atoms with Crippen molar-refractivity contribution < 1.29 is 32.0 Å². The number of nitrogens with zero attached hydrogens (tertiary/aromatic N) is 2. The monoisotopic (exact) mass is 698 g/mol. The summed E-state index contributed by atoms with van der Waals surface area (Å²) in [5, 5.41) is 9.51. The Kier molecular flexibility index (Phi) is 8.68. The third kappa shape index (κ3) is 6.20. The van der Waals surface area contributed by atoms with Gasteiger partial charge in [-0.05, 0) is 91.6 Å². The third-order valence-corrected chi connectivity index (χ3v) is 9.43. The minimum atomic E-state index is -3.75. The van der Waals surface area contributed by atoms with Crippen molar-refractivity contribution in [1.29, 1.82) is 0 Å². The fraction of sp³-hybridized carbons (Fsp3) is 0.259. The van der Waals surface area contributed by atoms with Crippen molar-refractivity contribution in [3.63, 3.8) is 0 Å². The topological polar surface area (TPSA) is 108 Å². The zero-order valence-corrected chi connectivity index (χ0v) is 25.8. The molecule has 0 amide bonds. The molecule has 8 nitrogen and oxygen atoms in total. The van der Waals surface area contributed by atoms with Gasteiger partial charge in [0.1, 0.15) is 11.0 Å². The van der Waals surface area contributed by atoms with Gasteiger partial charge >= 0.3 is 13.1 Å². The lowest BCUT2D eigenvalue weighted by atomic mass is 9.78. The van der Waals surface area contributed by atoms with E-state index in [0.717, 1.165) is 7.54 Å². The standard InChI is InChI=1S/C14H18BFO4.C13H8ClIN2O2S/c1-13(2)14(3,4)20-15(19-13)10-6-5-9(7-12(17)18)11(16)8-10;14-12-7-9-6-10(15)8-16-13(9)17(12)20(18,19)11-4-2-1-3-5-11/h5-6,8H,7H2,1-4H3,(H,17,18);1-8H. The van der Waals surface area contributed by atoms with Crippen LogP contribution in [0.15, 0.2) is 71.8 Å². The van der Waals surface area contributed by atoms with Crippen molar-refractivity contribution in [2.45, 2.75) is 50.2 Å². The molecule has 1 fully saturated rings. The number of benzene rings is 2. The lowest BCUT2D eigenvalue weighted by molar-refractivity contribution is -0.136. The summed E-state index contributed by atoms with van der Waals surface area (Å²) in [6.45, 7) is 7.68. The molecule has 2 aromatic heterocycles. The molecule has 0 atom stereocenters. The lowest BCUT2D eigenvalue weighted by Gasteiger charge is -2.32. The molecule has 2 aromatic carbocycles. The van der Waals surface area contributed by atoms with Gasteiger partial charge in [0.05, 0.1) is 22.5 Å². The van der Waals surface area contributed by atoms with Gasteiger partial charge < -0.3 is 14.4 Å². The van der Waals surface area contributed by atoms with E-state index in [2.05, 4.69) is 27.6 Å². The number of pyridine rings is 1. The summed E-state index contributed by atoms with van der Waals surface area (Å²) in [6.07, 6.45) is 1.27. The molecule has 0 spiro atoms. The minimum Gasteiger partial charge on any atom is -0.481 e. The van der Waals surface area contributed by atoms with Gasteiger partial charge in [0.15, 0.2) is 5.65 Å². The van der Waals surface area contributed by atoms with Crippen molar-refractivity contribution in [1.82, 2.24) is 8.96 Å². The van der Waals surface area contributed by atoms with Crippen LogP contribution in [0.2, 0.25) is 5.15 Å². The number of aromatic nitrogens is 2. The number of fused-ring (bicyclic) bond motifs is 1. The number of aliphatic carboxylic acids is 1. The summed E-state index contributed by atoms with van der Waals surface area (Å²) < 4.78 is 52.8. The third-order valence-electron chi connectivity index (χ3n) is 6.75. The first-order valence-electron chi connectivity index (χ1n) is 12.1. The van der Waals surface area contributed by atoms with Crippen molar-refractivity contribution >= 4 is 73.8 Å². The van der Waals surface area contributed by atoms with Crippen LogP contribution in [0.4, 0.5) is 4.39 Å². The van der Waals surface area contributed by atoms with E-state index >= 15 is 0 Å². The molecular weight excluding hydrogens is 673 g/mol. The number of hydrogen-bond acceptors (Lipinski definition) is 6. The molecule has 1 N–H and O–H groups in total. The number of halogens is 3. The molecule has 210 valence electrons. The summed E-state index contributed by atoms with van der Waals surface area (Å²) in [6, 6.07) is 16.0. The van der Waals surface area contributed by atoms with Crippen LogP contribution in [0.5, 0.6) is 0 Å². The van der Waals surface area contributed by atoms with Crippen molar-refractivity contribution in [3.8, 4) is 0 Å². The zero-order valence-electron chi connectivity index (χ0n) is 22.1. The van der Waals surface area contributed by atoms with Crippen LogP contribution in [0.1, 0.15) is 33.3 Å². The Morgan fingerprint density at radius 2 is 1.70 bits per heavy atom. The molecule has 1 aliphatic rings. The molecular formula is C27H26BClFIN2O6S. The summed E-state index contributed by atoms with van der Waals surface area (Å²) in [5.41, 5.74) is 0.0502. The Morgan fingerprint density at radius 1 is 1.07 bits per heavy atom. The SMILES string of the molecule is CC1(C)OB(c2ccc(CC(=O)O)c(F)c2)OC1(C)C.O=S(=O)(c1ccccc1)n1c(Cl)cc2cc(I)cnc21. The number of hydrogen-bond donors (Lipinski definition) is 1. The summed E-state index contributed by atoms with van der Waals surface area (Å²) in [7, 11) is -4.39. The zero-order chi connectivity index (χ0) is 29.5. The minimum absolute atomic E-state index is 0.123. The van der Waals surface area contributed by atoms with E-state index in [0.29, 0.717) is 16.5 Å². The Morgan fingerprint density at radius 3 is 2.27 bits per heavy atom. The van der Waals surface area contributed by atoms with E-state index < -0.39 is 40.1 Å². The highest BCUT2D eigenvalue weighted by atomic mass is 127. The van der Waals surface area contributed by atoms with Crippen LogP contribution in [0, 0.1) is 9.39 Å². The van der Waals surface area contributed by atoms with Gasteiger partial charge in [-0.3, -0.25) is 4.79 Å². The highest BCUT2D eigenvalue weighted by Gasteiger charge is 2.51. The summed E-state index contributed by atoms with van der Waals surface area (Å²) in [4.78, 5) is 15.0. The molecule has 0 bridgehead atoms. The Hall–Kier alpha value is -2.52. The highest BCUT2D eigenvalue weighted by Crippen LogP contribution is 2.36. The average Bonchev–Trinajstić information content (AvgIpc) is 3.31. The summed E-state index contributed by atoms with van der Waals surface area (Å²) >= 11 is 8.21. The first kappa shape index (κ1) is 30.4. The molecule has 1 aliphatic heterocycles. The molecule has 3 heterocycles. The van der Waals surface area contributed by atoms with Crippen molar-refractivity contribution in [3.05, 3.63) is 87.0 Å². The normalized spacial score (nSPS) is 16.0. The van der Waals surface area contributed by atoms with E-state index in [4.69, 9.17) is 26.0 Å². The van der Waals surface area contributed by atoms with Crippen molar-refractivity contribution in [2.75, 3.05) is 0 Å². The van der Waals surface area contributed by atoms with Crippen LogP contribution >= 0.6 is 34.2 Å². The maximum absolute atomic E-state index is 13.9. The smallest absolute Gasteiger partial charge is 0.481 e. The van der Waals surface area contributed by atoms with Gasteiger partial charge in [-0.15, -0.1) is 0 Å². The van der Waals surface area contributed by atoms with Crippen LogP contribution in [-0.4, -0.2) is 46.8 Å². The molecule has 0 aliphatic carbocycles. The molecule has 5 rings (SSSR count). The van der Waals surface area contributed by atoms with Gasteiger partial charge in [0, 0.05) is 15.2 Å². The Bertz CT molecular complexity index is 1670. The maximum Gasteiger partial charge on any atom is 0.494 e. The van der Waals surface area contributed by atoms with Crippen LogP contribution in [-0.2, 0) is 30.5 Å². The second-order valence-electron chi connectivity index (χ2n) is 10.1. The molecule has 1 saturated heterocycles. The lowest BCUT2D eigenvalue weighted by Crippen LogP contribution is -2.41. The number of carbonyl (C=O) groups is 1.